The third-order valence-electron chi connectivity index (χ3n) is 2.51. The molecule has 0 bridgehead atoms. The van der Waals surface area contributed by atoms with Gasteiger partial charge in [0, 0.05) is 31.3 Å². The molecule has 0 aliphatic heterocycles. The molecule has 4 nitrogen and oxygen atoms in total. The first-order valence-electron chi connectivity index (χ1n) is 5.94. The number of halogens is 1. The second kappa shape index (κ2) is 6.31. The van der Waals surface area contributed by atoms with E-state index < -0.39 is 0 Å². The summed E-state index contributed by atoms with van der Waals surface area (Å²) in [5.74, 6) is 1.49. The second-order valence-electron chi connectivity index (χ2n) is 3.83. The maximum Gasteiger partial charge on any atom is 0.148 e. The highest BCUT2D eigenvalue weighted by Crippen LogP contribution is 2.17. The van der Waals surface area contributed by atoms with E-state index in [2.05, 4.69) is 20.3 Å². The number of aromatic nitrogens is 3. The van der Waals surface area contributed by atoms with Crippen LogP contribution in [0.1, 0.15) is 18.4 Å². The molecule has 5 heteroatoms. The van der Waals surface area contributed by atoms with Crippen molar-refractivity contribution in [3.8, 4) is 0 Å². The zero-order chi connectivity index (χ0) is 12.8. The zero-order valence-corrected chi connectivity index (χ0v) is 11.0. The van der Waals surface area contributed by atoms with Crippen LogP contribution in [-0.2, 0) is 12.8 Å². The van der Waals surface area contributed by atoms with Gasteiger partial charge in [0.25, 0.3) is 0 Å². The largest absolute Gasteiger partial charge is 0.368 e. The smallest absolute Gasteiger partial charge is 0.148 e. The van der Waals surface area contributed by atoms with E-state index in [1.807, 2.05) is 25.1 Å². The van der Waals surface area contributed by atoms with Crippen LogP contribution < -0.4 is 5.32 Å². The molecule has 0 spiro atoms. The molecule has 94 valence electrons. The number of anilines is 1. The highest BCUT2D eigenvalue weighted by atomic mass is 35.5. The summed E-state index contributed by atoms with van der Waals surface area (Å²) in [5, 5.41) is 3.76. The first-order chi connectivity index (χ1) is 8.79. The third kappa shape index (κ3) is 3.40. The Bertz CT molecular complexity index is 502. The van der Waals surface area contributed by atoms with Crippen LogP contribution in [0.2, 0.25) is 5.02 Å². The minimum absolute atomic E-state index is 0.549. The van der Waals surface area contributed by atoms with Gasteiger partial charge in [0.15, 0.2) is 0 Å². The van der Waals surface area contributed by atoms with Crippen molar-refractivity contribution < 1.29 is 0 Å². The Kier molecular flexibility index (Phi) is 4.47. The summed E-state index contributed by atoms with van der Waals surface area (Å²) in [4.78, 5) is 12.7. The molecule has 2 heterocycles. The Morgan fingerprint density at radius 3 is 2.89 bits per heavy atom. The molecule has 0 aliphatic rings. The van der Waals surface area contributed by atoms with Gasteiger partial charge in [-0.25, -0.2) is 9.97 Å². The molecule has 0 aromatic carbocycles. The van der Waals surface area contributed by atoms with E-state index in [-0.39, 0.29) is 0 Å². The number of nitrogens with zero attached hydrogens (tertiary/aromatic N) is 3. The molecular formula is C13H15ClN4. The van der Waals surface area contributed by atoms with E-state index in [0.717, 1.165) is 30.9 Å². The van der Waals surface area contributed by atoms with Gasteiger partial charge in [-0.2, -0.15) is 0 Å². The maximum absolute atomic E-state index is 6.03. The Labute approximate surface area is 111 Å². The first-order valence-corrected chi connectivity index (χ1v) is 6.32. The molecule has 0 atom stereocenters. The monoisotopic (exact) mass is 262 g/mol. The molecule has 2 rings (SSSR count). The standard InChI is InChI=1S/C13H15ClN4/c1-2-12-17-9-11(14)13(18-12)16-8-6-10-5-3-4-7-15-10/h3-5,7,9H,2,6,8H2,1H3,(H,16,17,18). The van der Waals surface area contributed by atoms with Crippen LogP contribution >= 0.6 is 11.6 Å². The number of aryl methyl sites for hydroxylation is 1. The predicted molar refractivity (Wildman–Crippen MR) is 72.9 cm³/mol. The SMILES string of the molecule is CCc1ncc(Cl)c(NCCc2ccccn2)n1. The van der Waals surface area contributed by atoms with E-state index in [0.29, 0.717) is 10.8 Å². The summed E-state index contributed by atoms with van der Waals surface area (Å²) < 4.78 is 0. The van der Waals surface area contributed by atoms with E-state index in [4.69, 9.17) is 11.6 Å². The van der Waals surface area contributed by atoms with Crippen LogP contribution in [-0.4, -0.2) is 21.5 Å². The summed E-state index contributed by atoms with van der Waals surface area (Å²) in [5.41, 5.74) is 1.05. The Morgan fingerprint density at radius 1 is 1.28 bits per heavy atom. The molecule has 2 aromatic heterocycles. The molecule has 0 aliphatic carbocycles. The normalized spacial score (nSPS) is 10.3. The summed E-state index contributed by atoms with van der Waals surface area (Å²) in [6, 6.07) is 5.89. The van der Waals surface area contributed by atoms with Crippen molar-refractivity contribution in [1.29, 1.82) is 0 Å². The lowest BCUT2D eigenvalue weighted by atomic mass is 10.3. The van der Waals surface area contributed by atoms with Gasteiger partial charge in [-0.3, -0.25) is 4.98 Å². The van der Waals surface area contributed by atoms with Crippen molar-refractivity contribution in [2.45, 2.75) is 19.8 Å². The molecule has 0 unspecified atom stereocenters. The second-order valence-corrected chi connectivity index (χ2v) is 4.24. The molecule has 2 aromatic rings. The number of hydrogen-bond donors (Lipinski definition) is 1. The van der Waals surface area contributed by atoms with E-state index in [1.165, 1.54) is 0 Å². The van der Waals surface area contributed by atoms with Crippen LogP contribution in [0.5, 0.6) is 0 Å². The average Bonchev–Trinajstić information content (AvgIpc) is 2.42. The summed E-state index contributed by atoms with van der Waals surface area (Å²) in [7, 11) is 0. The number of pyridine rings is 1. The Morgan fingerprint density at radius 2 is 2.17 bits per heavy atom. The van der Waals surface area contributed by atoms with Gasteiger partial charge in [-0.15, -0.1) is 0 Å². The number of nitrogens with one attached hydrogen (secondary N) is 1. The van der Waals surface area contributed by atoms with Gasteiger partial charge in [0.05, 0.1) is 6.20 Å². The minimum atomic E-state index is 0.549. The summed E-state index contributed by atoms with van der Waals surface area (Å²) in [6.45, 7) is 2.76. The van der Waals surface area contributed by atoms with E-state index in [1.54, 1.807) is 12.4 Å². The van der Waals surface area contributed by atoms with Crippen LogP contribution in [0.4, 0.5) is 5.82 Å². The minimum Gasteiger partial charge on any atom is -0.368 e. The Hall–Kier alpha value is -1.68. The van der Waals surface area contributed by atoms with Crippen molar-refractivity contribution in [2.24, 2.45) is 0 Å². The quantitative estimate of drug-likeness (QED) is 0.900. The summed E-state index contributed by atoms with van der Waals surface area (Å²) in [6.07, 6.45) is 5.06. The van der Waals surface area contributed by atoms with Crippen molar-refractivity contribution in [1.82, 2.24) is 15.0 Å². The van der Waals surface area contributed by atoms with Crippen LogP contribution in [0, 0.1) is 0 Å². The van der Waals surface area contributed by atoms with Gasteiger partial charge >= 0.3 is 0 Å². The molecule has 0 radical (unpaired) electrons. The third-order valence-corrected chi connectivity index (χ3v) is 2.79. The fourth-order valence-corrected chi connectivity index (χ4v) is 1.71. The molecule has 18 heavy (non-hydrogen) atoms. The van der Waals surface area contributed by atoms with Crippen molar-refractivity contribution >= 4 is 17.4 Å². The number of rotatable bonds is 5. The van der Waals surface area contributed by atoms with E-state index in [9.17, 15) is 0 Å². The first kappa shape index (κ1) is 12.8. The lowest BCUT2D eigenvalue weighted by molar-refractivity contribution is 0.914. The van der Waals surface area contributed by atoms with Gasteiger partial charge in [0.2, 0.25) is 0 Å². The fraction of sp³-hybridized carbons (Fsp3) is 0.308. The molecule has 0 saturated carbocycles. The molecule has 0 saturated heterocycles. The fourth-order valence-electron chi connectivity index (χ4n) is 1.55. The van der Waals surface area contributed by atoms with Gasteiger partial charge in [-0.1, -0.05) is 24.6 Å². The van der Waals surface area contributed by atoms with Crippen LogP contribution in [0.3, 0.4) is 0 Å². The molecule has 0 amide bonds. The maximum atomic E-state index is 6.03. The zero-order valence-electron chi connectivity index (χ0n) is 10.2. The van der Waals surface area contributed by atoms with Gasteiger partial charge in [-0.05, 0) is 12.1 Å². The number of hydrogen-bond acceptors (Lipinski definition) is 4. The van der Waals surface area contributed by atoms with Crippen molar-refractivity contribution in [3.63, 3.8) is 0 Å². The molecular weight excluding hydrogens is 248 g/mol. The van der Waals surface area contributed by atoms with Crippen LogP contribution in [0.15, 0.2) is 30.6 Å². The van der Waals surface area contributed by atoms with E-state index >= 15 is 0 Å². The summed E-state index contributed by atoms with van der Waals surface area (Å²) >= 11 is 6.03. The molecule has 1 N–H and O–H groups in total. The van der Waals surface area contributed by atoms with Crippen molar-refractivity contribution in [3.05, 3.63) is 47.1 Å². The highest BCUT2D eigenvalue weighted by Gasteiger charge is 2.03. The highest BCUT2D eigenvalue weighted by molar-refractivity contribution is 6.32. The average molecular weight is 263 g/mol. The lowest BCUT2D eigenvalue weighted by Gasteiger charge is -2.07. The predicted octanol–water partition coefficient (Wildman–Crippen LogP) is 2.74. The van der Waals surface area contributed by atoms with Crippen LogP contribution in [0.25, 0.3) is 0 Å². The van der Waals surface area contributed by atoms with Gasteiger partial charge < -0.3 is 5.32 Å². The lowest BCUT2D eigenvalue weighted by Crippen LogP contribution is -2.09. The Balaban J connectivity index is 1.94. The topological polar surface area (TPSA) is 50.7 Å². The van der Waals surface area contributed by atoms with Gasteiger partial charge in [0.1, 0.15) is 16.7 Å². The molecule has 0 fully saturated rings. The van der Waals surface area contributed by atoms with Crippen molar-refractivity contribution in [2.75, 3.05) is 11.9 Å².